The highest BCUT2D eigenvalue weighted by molar-refractivity contribution is 6.33. The molecule has 1 aliphatic rings. The molecule has 1 aromatic carbocycles. The van der Waals surface area contributed by atoms with E-state index in [1.165, 1.54) is 6.92 Å². The van der Waals surface area contributed by atoms with Crippen LogP contribution in [0.1, 0.15) is 19.8 Å². The van der Waals surface area contributed by atoms with Gasteiger partial charge in [0.1, 0.15) is 5.82 Å². The lowest BCUT2D eigenvalue weighted by Crippen LogP contribution is -2.41. The third-order valence-electron chi connectivity index (χ3n) is 4.21. The van der Waals surface area contributed by atoms with E-state index >= 15 is 0 Å². The van der Waals surface area contributed by atoms with Crippen LogP contribution in [0.5, 0.6) is 0 Å². The topological polar surface area (TPSA) is 87.2 Å². The van der Waals surface area contributed by atoms with Gasteiger partial charge in [0.2, 0.25) is 11.8 Å². The van der Waals surface area contributed by atoms with Crippen LogP contribution in [-0.2, 0) is 9.59 Å². The zero-order valence-corrected chi connectivity index (χ0v) is 15.2. The molecule has 2 amide bonds. The maximum absolute atomic E-state index is 12.7. The van der Waals surface area contributed by atoms with E-state index in [-0.39, 0.29) is 17.7 Å². The SMILES string of the molecule is CC(=O)Nc1ccc(Cl)c(NC(=O)[C@@H]2CCCN(c3cnccn3)C2)c1. The molecule has 2 N–H and O–H groups in total. The molecule has 8 heteroatoms. The van der Waals surface area contributed by atoms with E-state index < -0.39 is 0 Å². The molecule has 0 bridgehead atoms. The molecule has 1 aliphatic heterocycles. The standard InChI is InChI=1S/C18H20ClN5O2/c1-12(25)22-14-4-5-15(19)16(9-14)23-18(26)13-3-2-8-24(11-13)17-10-20-6-7-21-17/h4-7,9-10,13H,2-3,8,11H2,1H3,(H,22,25)(H,23,26)/t13-/m1/s1. The average molecular weight is 374 g/mol. The third kappa shape index (κ3) is 4.49. The van der Waals surface area contributed by atoms with Crippen LogP contribution in [0, 0.1) is 5.92 Å². The summed E-state index contributed by atoms with van der Waals surface area (Å²) in [5, 5.41) is 5.99. The maximum Gasteiger partial charge on any atom is 0.229 e. The van der Waals surface area contributed by atoms with Crippen molar-refractivity contribution in [1.29, 1.82) is 0 Å². The van der Waals surface area contributed by atoms with E-state index in [2.05, 4.69) is 25.5 Å². The minimum atomic E-state index is -0.184. The van der Waals surface area contributed by atoms with Gasteiger partial charge in [0.15, 0.2) is 0 Å². The fraction of sp³-hybridized carbons (Fsp3) is 0.333. The summed E-state index contributed by atoms with van der Waals surface area (Å²) in [5.41, 5.74) is 1.07. The highest BCUT2D eigenvalue weighted by Crippen LogP contribution is 2.28. The van der Waals surface area contributed by atoms with Crippen LogP contribution in [0.4, 0.5) is 17.2 Å². The van der Waals surface area contributed by atoms with Crippen molar-refractivity contribution >= 4 is 40.6 Å². The Morgan fingerprint density at radius 3 is 2.85 bits per heavy atom. The molecular weight excluding hydrogens is 354 g/mol. The number of anilines is 3. The molecule has 1 fully saturated rings. The monoisotopic (exact) mass is 373 g/mol. The van der Waals surface area contributed by atoms with Gasteiger partial charge < -0.3 is 15.5 Å². The Bertz CT molecular complexity index is 799. The molecule has 0 unspecified atom stereocenters. The first-order valence-electron chi connectivity index (χ1n) is 8.42. The molecule has 0 spiro atoms. The molecule has 0 radical (unpaired) electrons. The number of nitrogens with zero attached hydrogens (tertiary/aromatic N) is 3. The Balaban J connectivity index is 1.68. The van der Waals surface area contributed by atoms with E-state index in [4.69, 9.17) is 11.6 Å². The molecule has 0 saturated carbocycles. The summed E-state index contributed by atoms with van der Waals surface area (Å²) in [5.74, 6) is 0.318. The van der Waals surface area contributed by atoms with Crippen LogP contribution in [0.2, 0.25) is 5.02 Å². The zero-order valence-electron chi connectivity index (χ0n) is 14.4. The molecule has 7 nitrogen and oxygen atoms in total. The van der Waals surface area contributed by atoms with Crippen LogP contribution >= 0.6 is 11.6 Å². The van der Waals surface area contributed by atoms with E-state index in [0.717, 1.165) is 25.2 Å². The number of halogens is 1. The predicted molar refractivity (Wildman–Crippen MR) is 101 cm³/mol. The number of benzene rings is 1. The third-order valence-corrected chi connectivity index (χ3v) is 4.54. The number of hydrogen-bond donors (Lipinski definition) is 2. The summed E-state index contributed by atoms with van der Waals surface area (Å²) in [7, 11) is 0. The molecule has 3 rings (SSSR count). The van der Waals surface area contributed by atoms with Crippen molar-refractivity contribution in [2.45, 2.75) is 19.8 Å². The lowest BCUT2D eigenvalue weighted by Gasteiger charge is -2.32. The van der Waals surface area contributed by atoms with E-state index in [0.29, 0.717) is 22.9 Å². The van der Waals surface area contributed by atoms with Crippen molar-refractivity contribution in [2.24, 2.45) is 5.92 Å². The van der Waals surface area contributed by atoms with Gasteiger partial charge >= 0.3 is 0 Å². The average Bonchev–Trinajstić information content (AvgIpc) is 2.65. The molecule has 2 aromatic rings. The minimum Gasteiger partial charge on any atom is -0.355 e. The molecule has 136 valence electrons. The second-order valence-electron chi connectivity index (χ2n) is 6.21. The number of piperidine rings is 1. The van der Waals surface area contributed by atoms with Gasteiger partial charge in [0, 0.05) is 38.1 Å². The summed E-state index contributed by atoms with van der Waals surface area (Å²) < 4.78 is 0. The Morgan fingerprint density at radius 1 is 1.27 bits per heavy atom. The summed E-state index contributed by atoms with van der Waals surface area (Å²) in [6, 6.07) is 5.00. The Kier molecular flexibility index (Phi) is 5.68. The van der Waals surface area contributed by atoms with Crippen LogP contribution < -0.4 is 15.5 Å². The van der Waals surface area contributed by atoms with Gasteiger partial charge in [-0.15, -0.1) is 0 Å². The van der Waals surface area contributed by atoms with Crippen molar-refractivity contribution < 1.29 is 9.59 Å². The fourth-order valence-electron chi connectivity index (χ4n) is 2.99. The van der Waals surface area contributed by atoms with Crippen molar-refractivity contribution in [2.75, 3.05) is 28.6 Å². The molecule has 2 heterocycles. The fourth-order valence-corrected chi connectivity index (χ4v) is 3.16. The van der Waals surface area contributed by atoms with Crippen LogP contribution in [0.3, 0.4) is 0 Å². The number of nitrogens with one attached hydrogen (secondary N) is 2. The largest absolute Gasteiger partial charge is 0.355 e. The number of aromatic nitrogens is 2. The first-order valence-corrected chi connectivity index (χ1v) is 8.79. The normalized spacial score (nSPS) is 16.8. The second kappa shape index (κ2) is 8.14. The number of carbonyl (C=O) groups is 2. The molecule has 1 atom stereocenters. The molecule has 1 aromatic heterocycles. The number of hydrogen-bond acceptors (Lipinski definition) is 5. The van der Waals surface area contributed by atoms with Gasteiger partial charge in [-0.3, -0.25) is 14.6 Å². The molecule has 0 aliphatic carbocycles. The van der Waals surface area contributed by atoms with E-state index in [9.17, 15) is 9.59 Å². The van der Waals surface area contributed by atoms with Crippen LogP contribution in [0.25, 0.3) is 0 Å². The van der Waals surface area contributed by atoms with Crippen LogP contribution in [-0.4, -0.2) is 34.9 Å². The van der Waals surface area contributed by atoms with Crippen molar-refractivity contribution in [1.82, 2.24) is 9.97 Å². The summed E-state index contributed by atoms with van der Waals surface area (Å²) in [4.78, 5) is 34.4. The van der Waals surface area contributed by atoms with E-state index in [1.54, 1.807) is 36.8 Å². The van der Waals surface area contributed by atoms with Crippen molar-refractivity contribution in [3.63, 3.8) is 0 Å². The van der Waals surface area contributed by atoms with Gasteiger partial charge in [0.05, 0.1) is 22.8 Å². The van der Waals surface area contributed by atoms with Crippen molar-refractivity contribution in [3.8, 4) is 0 Å². The highest BCUT2D eigenvalue weighted by atomic mass is 35.5. The smallest absolute Gasteiger partial charge is 0.229 e. The van der Waals surface area contributed by atoms with Gasteiger partial charge in [-0.2, -0.15) is 0 Å². The number of amides is 2. The molecule has 1 saturated heterocycles. The summed E-state index contributed by atoms with van der Waals surface area (Å²) >= 11 is 6.18. The lowest BCUT2D eigenvalue weighted by atomic mass is 9.97. The quantitative estimate of drug-likeness (QED) is 0.860. The molecular formula is C18H20ClN5O2. The molecule has 26 heavy (non-hydrogen) atoms. The first-order chi connectivity index (χ1) is 12.5. The predicted octanol–water partition coefficient (Wildman–Crippen LogP) is 2.94. The Labute approximate surface area is 156 Å². The minimum absolute atomic E-state index is 0.0968. The van der Waals surface area contributed by atoms with Crippen LogP contribution in [0.15, 0.2) is 36.8 Å². The number of carbonyl (C=O) groups excluding carboxylic acids is 2. The van der Waals surface area contributed by atoms with Gasteiger partial charge in [-0.1, -0.05) is 11.6 Å². The highest BCUT2D eigenvalue weighted by Gasteiger charge is 2.27. The Hall–Kier alpha value is -2.67. The van der Waals surface area contributed by atoms with Gasteiger partial charge in [-0.05, 0) is 31.0 Å². The second-order valence-corrected chi connectivity index (χ2v) is 6.62. The summed E-state index contributed by atoms with van der Waals surface area (Å²) in [6.45, 7) is 2.85. The lowest BCUT2D eigenvalue weighted by molar-refractivity contribution is -0.120. The Morgan fingerprint density at radius 2 is 2.12 bits per heavy atom. The zero-order chi connectivity index (χ0) is 18.5. The summed E-state index contributed by atoms with van der Waals surface area (Å²) in [6.07, 6.45) is 6.67. The van der Waals surface area contributed by atoms with Gasteiger partial charge in [-0.25, -0.2) is 4.98 Å². The first kappa shape index (κ1) is 18.1. The maximum atomic E-state index is 12.7. The van der Waals surface area contributed by atoms with Gasteiger partial charge in [0.25, 0.3) is 0 Å². The van der Waals surface area contributed by atoms with E-state index in [1.807, 2.05) is 0 Å². The number of rotatable bonds is 4. The van der Waals surface area contributed by atoms with Crippen molar-refractivity contribution in [3.05, 3.63) is 41.8 Å².